The van der Waals surface area contributed by atoms with Crippen molar-refractivity contribution in [3.8, 4) is 11.5 Å². The fourth-order valence-corrected chi connectivity index (χ4v) is 4.69. The second kappa shape index (κ2) is 9.56. The van der Waals surface area contributed by atoms with Crippen LogP contribution in [-0.2, 0) is 20.4 Å². The molecule has 1 saturated carbocycles. The third-order valence-corrected chi connectivity index (χ3v) is 7.03. The van der Waals surface area contributed by atoms with E-state index in [9.17, 15) is 9.59 Å². The molecule has 0 spiro atoms. The molecule has 1 fully saturated rings. The maximum atomic E-state index is 11.4. The van der Waals surface area contributed by atoms with Crippen LogP contribution < -0.4 is 9.47 Å². The van der Waals surface area contributed by atoms with Crippen LogP contribution in [0.2, 0.25) is 0 Å². The van der Waals surface area contributed by atoms with Gasteiger partial charge in [0.1, 0.15) is 11.5 Å². The lowest BCUT2D eigenvalue weighted by atomic mass is 9.60. The molecule has 1 aliphatic carbocycles. The summed E-state index contributed by atoms with van der Waals surface area (Å²) >= 11 is 0. The molecule has 0 atom stereocenters. The summed E-state index contributed by atoms with van der Waals surface area (Å²) < 4.78 is 10.4. The molecule has 4 nitrogen and oxygen atoms in total. The van der Waals surface area contributed by atoms with E-state index >= 15 is 0 Å². The first-order valence-electron chi connectivity index (χ1n) is 11.1. The fraction of sp³-hybridized carbons (Fsp3) is 0.357. The van der Waals surface area contributed by atoms with Gasteiger partial charge in [-0.25, -0.2) is 9.59 Å². The minimum absolute atomic E-state index is 0.0189. The molecule has 3 rings (SSSR count). The smallest absolute Gasteiger partial charge is 0.335 e. The minimum Gasteiger partial charge on any atom is -0.423 e. The summed E-state index contributed by atoms with van der Waals surface area (Å²) in [5.41, 5.74) is 2.65. The van der Waals surface area contributed by atoms with E-state index in [1.165, 1.54) is 17.2 Å². The predicted octanol–water partition coefficient (Wildman–Crippen LogP) is 6.30. The van der Waals surface area contributed by atoms with Crippen molar-refractivity contribution >= 4 is 11.9 Å². The van der Waals surface area contributed by atoms with E-state index in [0.29, 0.717) is 17.4 Å². The number of ether oxygens (including phenoxy) is 2. The standard InChI is InChI=1S/C28H32O4/c1-6-25(29)31-23-12-8-20(9-13-23)27(3,4)21-16-18-28(5,19-17-21)22-10-14-24(15-11-22)32-26(30)7-2/h6-15,21H,1-2,16-19H2,3-5H3. The summed E-state index contributed by atoms with van der Waals surface area (Å²) in [6.07, 6.45) is 6.79. The summed E-state index contributed by atoms with van der Waals surface area (Å²) in [7, 11) is 0. The van der Waals surface area contributed by atoms with E-state index < -0.39 is 11.9 Å². The maximum Gasteiger partial charge on any atom is 0.335 e. The zero-order valence-electron chi connectivity index (χ0n) is 19.2. The van der Waals surface area contributed by atoms with Crippen LogP contribution in [-0.4, -0.2) is 11.9 Å². The summed E-state index contributed by atoms with van der Waals surface area (Å²) in [4.78, 5) is 22.8. The van der Waals surface area contributed by atoms with E-state index in [1.54, 1.807) is 0 Å². The summed E-state index contributed by atoms with van der Waals surface area (Å²) in [5.74, 6) is 0.742. The van der Waals surface area contributed by atoms with Gasteiger partial charge >= 0.3 is 11.9 Å². The first-order chi connectivity index (χ1) is 15.2. The third kappa shape index (κ3) is 5.18. The summed E-state index contributed by atoms with van der Waals surface area (Å²) in [6, 6.07) is 15.7. The Kier molecular flexibility index (Phi) is 7.02. The molecular formula is C28H32O4. The fourth-order valence-electron chi connectivity index (χ4n) is 4.69. The highest BCUT2D eigenvalue weighted by Gasteiger charge is 2.39. The highest BCUT2D eigenvalue weighted by atomic mass is 16.5. The van der Waals surface area contributed by atoms with Gasteiger partial charge in [-0.05, 0) is 77.8 Å². The first-order valence-corrected chi connectivity index (χ1v) is 11.1. The largest absolute Gasteiger partial charge is 0.423 e. The van der Waals surface area contributed by atoms with Crippen LogP contribution in [0.4, 0.5) is 0 Å². The van der Waals surface area contributed by atoms with Crippen molar-refractivity contribution in [2.24, 2.45) is 5.92 Å². The average Bonchev–Trinajstić information content (AvgIpc) is 2.80. The van der Waals surface area contributed by atoms with Crippen LogP contribution in [0.5, 0.6) is 11.5 Å². The monoisotopic (exact) mass is 432 g/mol. The molecule has 0 radical (unpaired) electrons. The topological polar surface area (TPSA) is 52.6 Å². The summed E-state index contributed by atoms with van der Waals surface area (Å²) in [6.45, 7) is 13.8. The number of esters is 2. The van der Waals surface area contributed by atoms with Gasteiger partial charge in [0.2, 0.25) is 0 Å². The Morgan fingerprint density at radius 2 is 1.31 bits per heavy atom. The molecule has 4 heteroatoms. The van der Waals surface area contributed by atoms with Crippen molar-refractivity contribution in [2.75, 3.05) is 0 Å². The molecule has 2 aromatic rings. The molecule has 1 aliphatic rings. The number of carbonyl (C=O) groups excluding carboxylic acids is 2. The second-order valence-corrected chi connectivity index (χ2v) is 9.36. The Bertz CT molecular complexity index is 975. The number of rotatable bonds is 7. The van der Waals surface area contributed by atoms with Gasteiger partial charge in [-0.1, -0.05) is 58.2 Å². The SMILES string of the molecule is C=CC(=O)Oc1ccc(C2(C)CCC(C(C)(C)c3ccc(OC(=O)C=C)cc3)CC2)cc1. The maximum absolute atomic E-state index is 11.4. The highest BCUT2D eigenvalue weighted by molar-refractivity contribution is 5.83. The van der Waals surface area contributed by atoms with Gasteiger partial charge in [0, 0.05) is 12.2 Å². The minimum atomic E-state index is -0.449. The third-order valence-electron chi connectivity index (χ3n) is 7.03. The van der Waals surface area contributed by atoms with Gasteiger partial charge < -0.3 is 9.47 Å². The molecule has 32 heavy (non-hydrogen) atoms. The lowest BCUT2D eigenvalue weighted by molar-refractivity contribution is -0.129. The van der Waals surface area contributed by atoms with E-state index in [-0.39, 0.29) is 10.8 Å². The molecular weight excluding hydrogens is 400 g/mol. The lowest BCUT2D eigenvalue weighted by Crippen LogP contribution is -2.36. The Hall–Kier alpha value is -3.14. The van der Waals surface area contributed by atoms with Gasteiger partial charge in [0.15, 0.2) is 0 Å². The van der Waals surface area contributed by atoms with Gasteiger partial charge in [0.05, 0.1) is 0 Å². The quantitative estimate of drug-likeness (QED) is 0.293. The Balaban J connectivity index is 1.65. The zero-order chi connectivity index (χ0) is 23.4. The molecule has 0 aliphatic heterocycles. The van der Waals surface area contributed by atoms with Crippen molar-refractivity contribution in [1.82, 2.24) is 0 Å². The van der Waals surface area contributed by atoms with Crippen LogP contribution in [0, 0.1) is 5.92 Å². The van der Waals surface area contributed by atoms with E-state index in [0.717, 1.165) is 31.8 Å². The Morgan fingerprint density at radius 1 is 0.875 bits per heavy atom. The number of benzene rings is 2. The molecule has 0 amide bonds. The van der Waals surface area contributed by atoms with Crippen LogP contribution in [0.15, 0.2) is 73.8 Å². The molecule has 0 unspecified atom stereocenters. The highest BCUT2D eigenvalue weighted by Crippen LogP contribution is 2.48. The number of hydrogen-bond acceptors (Lipinski definition) is 4. The first kappa shape index (κ1) is 23.5. The Labute approximate surface area is 190 Å². The molecule has 0 heterocycles. The van der Waals surface area contributed by atoms with E-state index in [2.05, 4.69) is 58.2 Å². The van der Waals surface area contributed by atoms with Crippen molar-refractivity contribution in [3.63, 3.8) is 0 Å². The second-order valence-electron chi connectivity index (χ2n) is 9.36. The van der Waals surface area contributed by atoms with Crippen LogP contribution in [0.25, 0.3) is 0 Å². The van der Waals surface area contributed by atoms with E-state index in [4.69, 9.17) is 9.47 Å². The van der Waals surface area contributed by atoms with Gasteiger partial charge in [-0.2, -0.15) is 0 Å². The lowest BCUT2D eigenvalue weighted by Gasteiger charge is -2.44. The van der Waals surface area contributed by atoms with Crippen LogP contribution in [0.1, 0.15) is 57.6 Å². The molecule has 0 bridgehead atoms. The van der Waals surface area contributed by atoms with Gasteiger partial charge in [-0.15, -0.1) is 0 Å². The normalized spacial score (nSPS) is 20.8. The van der Waals surface area contributed by atoms with Crippen LogP contribution >= 0.6 is 0 Å². The van der Waals surface area contributed by atoms with E-state index in [1.807, 2.05) is 24.3 Å². The summed E-state index contributed by atoms with van der Waals surface area (Å²) in [5, 5.41) is 0. The zero-order valence-corrected chi connectivity index (χ0v) is 19.2. The molecule has 0 aromatic heterocycles. The Morgan fingerprint density at radius 3 is 1.75 bits per heavy atom. The number of hydrogen-bond donors (Lipinski definition) is 0. The molecule has 0 N–H and O–H groups in total. The molecule has 0 saturated heterocycles. The predicted molar refractivity (Wildman–Crippen MR) is 127 cm³/mol. The molecule has 168 valence electrons. The van der Waals surface area contributed by atoms with Crippen molar-refractivity contribution in [3.05, 3.63) is 85.0 Å². The average molecular weight is 433 g/mol. The van der Waals surface area contributed by atoms with Crippen molar-refractivity contribution in [1.29, 1.82) is 0 Å². The molecule has 2 aromatic carbocycles. The number of carbonyl (C=O) groups is 2. The van der Waals surface area contributed by atoms with Crippen LogP contribution in [0.3, 0.4) is 0 Å². The van der Waals surface area contributed by atoms with Crippen molar-refractivity contribution < 1.29 is 19.1 Å². The van der Waals surface area contributed by atoms with Crippen molar-refractivity contribution in [2.45, 2.75) is 57.3 Å². The van der Waals surface area contributed by atoms with Gasteiger partial charge in [-0.3, -0.25) is 0 Å². The van der Waals surface area contributed by atoms with Gasteiger partial charge in [0.25, 0.3) is 0 Å².